The maximum absolute atomic E-state index is 13.2. The number of nitrogens with one attached hydrogen (secondary N) is 2. The van der Waals surface area contributed by atoms with Crippen molar-refractivity contribution < 1.29 is 18.0 Å². The molecule has 8 heteroatoms. The van der Waals surface area contributed by atoms with Gasteiger partial charge in [-0.25, -0.2) is 8.42 Å². The Bertz CT molecular complexity index is 1070. The number of anilines is 1. The van der Waals surface area contributed by atoms with Crippen LogP contribution in [0.15, 0.2) is 47.4 Å². The standard InChI is InChI=1S/C22H27N3O4S/c1-15-6-4-7-18(12-15)24-22(27)21(26)23-14-19-8-5-11-25(19)30(28,29)20-13-16(2)9-10-17(20)3/h4,6-7,9-10,12-13,19H,5,8,11,14H2,1-3H3,(H,23,26)(H,24,27)/t19-/m0/s1. The van der Waals surface area contributed by atoms with Crippen molar-refractivity contribution in [2.24, 2.45) is 0 Å². The van der Waals surface area contributed by atoms with Crippen LogP contribution in [0.3, 0.4) is 0 Å². The summed E-state index contributed by atoms with van der Waals surface area (Å²) in [5, 5.41) is 5.14. The molecule has 7 nitrogen and oxygen atoms in total. The predicted molar refractivity (Wildman–Crippen MR) is 116 cm³/mol. The first kappa shape index (κ1) is 22.0. The maximum atomic E-state index is 13.2. The van der Waals surface area contributed by atoms with E-state index >= 15 is 0 Å². The Labute approximate surface area is 177 Å². The third-order valence-electron chi connectivity index (χ3n) is 5.23. The molecule has 30 heavy (non-hydrogen) atoms. The van der Waals surface area contributed by atoms with Crippen molar-refractivity contribution in [3.63, 3.8) is 0 Å². The maximum Gasteiger partial charge on any atom is 0.313 e. The number of sulfonamides is 1. The Kier molecular flexibility index (Phi) is 6.58. The number of aryl methyl sites for hydroxylation is 3. The van der Waals surface area contributed by atoms with E-state index in [4.69, 9.17) is 0 Å². The van der Waals surface area contributed by atoms with E-state index in [1.807, 2.05) is 26.0 Å². The van der Waals surface area contributed by atoms with Crippen LogP contribution in [0.5, 0.6) is 0 Å². The fourth-order valence-corrected chi connectivity index (χ4v) is 5.65. The Balaban J connectivity index is 1.65. The summed E-state index contributed by atoms with van der Waals surface area (Å²) in [5.74, 6) is -1.56. The number of hydrogen-bond acceptors (Lipinski definition) is 4. The number of rotatable bonds is 5. The van der Waals surface area contributed by atoms with Gasteiger partial charge in [0.15, 0.2) is 0 Å². The Morgan fingerprint density at radius 2 is 1.77 bits per heavy atom. The van der Waals surface area contributed by atoms with E-state index in [0.717, 1.165) is 11.1 Å². The summed E-state index contributed by atoms with van der Waals surface area (Å²) in [6.45, 7) is 6.00. The highest BCUT2D eigenvalue weighted by molar-refractivity contribution is 7.89. The summed E-state index contributed by atoms with van der Waals surface area (Å²) in [7, 11) is -3.68. The van der Waals surface area contributed by atoms with E-state index in [0.29, 0.717) is 30.6 Å². The second-order valence-electron chi connectivity index (χ2n) is 7.71. The zero-order valence-electron chi connectivity index (χ0n) is 17.4. The molecule has 1 atom stereocenters. The van der Waals surface area contributed by atoms with Crippen molar-refractivity contribution in [1.29, 1.82) is 0 Å². The third kappa shape index (κ3) is 4.88. The van der Waals surface area contributed by atoms with Crippen molar-refractivity contribution >= 4 is 27.5 Å². The molecule has 0 radical (unpaired) electrons. The number of carbonyl (C=O) groups is 2. The first-order chi connectivity index (χ1) is 14.2. The lowest BCUT2D eigenvalue weighted by Gasteiger charge is -2.25. The smallest absolute Gasteiger partial charge is 0.313 e. The van der Waals surface area contributed by atoms with E-state index in [-0.39, 0.29) is 17.5 Å². The van der Waals surface area contributed by atoms with Gasteiger partial charge in [-0.05, 0) is 68.5 Å². The summed E-state index contributed by atoms with van der Waals surface area (Å²) < 4.78 is 27.8. The fraction of sp³-hybridized carbons (Fsp3) is 0.364. The largest absolute Gasteiger partial charge is 0.346 e. The van der Waals surface area contributed by atoms with Gasteiger partial charge in [0.2, 0.25) is 10.0 Å². The highest BCUT2D eigenvalue weighted by Crippen LogP contribution is 2.28. The van der Waals surface area contributed by atoms with Crippen LogP contribution in [0.4, 0.5) is 5.69 Å². The Hall–Kier alpha value is -2.71. The van der Waals surface area contributed by atoms with Crippen LogP contribution in [0.2, 0.25) is 0 Å². The zero-order valence-corrected chi connectivity index (χ0v) is 18.3. The molecule has 2 N–H and O–H groups in total. The number of nitrogens with zero attached hydrogens (tertiary/aromatic N) is 1. The Morgan fingerprint density at radius 1 is 1.03 bits per heavy atom. The van der Waals surface area contributed by atoms with Crippen LogP contribution in [0, 0.1) is 20.8 Å². The molecule has 2 aromatic carbocycles. The molecular weight excluding hydrogens is 402 g/mol. The third-order valence-corrected chi connectivity index (χ3v) is 7.33. The number of hydrogen-bond donors (Lipinski definition) is 2. The van der Waals surface area contributed by atoms with Gasteiger partial charge in [-0.2, -0.15) is 4.31 Å². The van der Waals surface area contributed by atoms with Gasteiger partial charge >= 0.3 is 11.8 Å². The Morgan fingerprint density at radius 3 is 2.50 bits per heavy atom. The molecule has 1 saturated heterocycles. The molecule has 2 aromatic rings. The molecule has 0 spiro atoms. The van der Waals surface area contributed by atoms with Crippen molar-refractivity contribution in [3.05, 3.63) is 59.2 Å². The van der Waals surface area contributed by atoms with Crippen LogP contribution in [-0.4, -0.2) is 43.7 Å². The first-order valence-electron chi connectivity index (χ1n) is 9.93. The van der Waals surface area contributed by atoms with Gasteiger partial charge in [0, 0.05) is 24.8 Å². The van der Waals surface area contributed by atoms with E-state index in [2.05, 4.69) is 10.6 Å². The van der Waals surface area contributed by atoms with E-state index in [1.165, 1.54) is 4.31 Å². The van der Waals surface area contributed by atoms with Crippen molar-refractivity contribution in [2.75, 3.05) is 18.4 Å². The molecule has 2 amide bonds. The lowest BCUT2D eigenvalue weighted by molar-refractivity contribution is -0.136. The fourth-order valence-electron chi connectivity index (χ4n) is 3.64. The quantitative estimate of drug-likeness (QED) is 0.714. The van der Waals surface area contributed by atoms with Gasteiger partial charge in [-0.15, -0.1) is 0 Å². The lowest BCUT2D eigenvalue weighted by atomic mass is 10.2. The van der Waals surface area contributed by atoms with Crippen molar-refractivity contribution in [1.82, 2.24) is 9.62 Å². The molecule has 0 bridgehead atoms. The average molecular weight is 430 g/mol. The van der Waals surface area contributed by atoms with Crippen molar-refractivity contribution in [3.8, 4) is 0 Å². The molecule has 3 rings (SSSR count). The molecule has 0 saturated carbocycles. The summed E-state index contributed by atoms with van der Waals surface area (Å²) in [5.41, 5.74) is 3.06. The minimum atomic E-state index is -3.68. The SMILES string of the molecule is Cc1cccc(NC(=O)C(=O)NC[C@@H]2CCCN2S(=O)(=O)c2cc(C)ccc2C)c1. The lowest BCUT2D eigenvalue weighted by Crippen LogP contribution is -2.45. The summed E-state index contributed by atoms with van der Waals surface area (Å²) >= 11 is 0. The normalized spacial score (nSPS) is 17.0. The highest BCUT2D eigenvalue weighted by atomic mass is 32.2. The van der Waals surface area contributed by atoms with Gasteiger partial charge in [0.25, 0.3) is 0 Å². The highest BCUT2D eigenvalue weighted by Gasteiger charge is 2.36. The van der Waals surface area contributed by atoms with Crippen LogP contribution >= 0.6 is 0 Å². The van der Waals surface area contributed by atoms with E-state index in [9.17, 15) is 18.0 Å². The van der Waals surface area contributed by atoms with Crippen LogP contribution in [0.1, 0.15) is 29.5 Å². The predicted octanol–water partition coefficient (Wildman–Crippen LogP) is 2.52. The van der Waals surface area contributed by atoms with E-state index < -0.39 is 21.8 Å². The molecule has 1 fully saturated rings. The molecule has 1 heterocycles. The molecule has 0 unspecified atom stereocenters. The van der Waals surface area contributed by atoms with Crippen LogP contribution < -0.4 is 10.6 Å². The number of benzene rings is 2. The van der Waals surface area contributed by atoms with Crippen LogP contribution in [-0.2, 0) is 19.6 Å². The van der Waals surface area contributed by atoms with E-state index in [1.54, 1.807) is 37.3 Å². The summed E-state index contributed by atoms with van der Waals surface area (Å²) in [6, 6.07) is 12.1. The van der Waals surface area contributed by atoms with Crippen LogP contribution in [0.25, 0.3) is 0 Å². The number of amides is 2. The summed E-state index contributed by atoms with van der Waals surface area (Å²) in [4.78, 5) is 24.7. The minimum absolute atomic E-state index is 0.0875. The van der Waals surface area contributed by atoms with Crippen molar-refractivity contribution in [2.45, 2.75) is 44.6 Å². The molecule has 1 aliphatic rings. The molecule has 1 aliphatic heterocycles. The molecule has 0 aliphatic carbocycles. The van der Waals surface area contributed by atoms with Gasteiger partial charge in [-0.3, -0.25) is 9.59 Å². The van der Waals surface area contributed by atoms with Gasteiger partial charge < -0.3 is 10.6 Å². The second kappa shape index (κ2) is 8.97. The second-order valence-corrected chi connectivity index (χ2v) is 9.57. The molecule has 0 aromatic heterocycles. The van der Waals surface area contributed by atoms with Gasteiger partial charge in [0.1, 0.15) is 0 Å². The topological polar surface area (TPSA) is 95.6 Å². The molecular formula is C22H27N3O4S. The minimum Gasteiger partial charge on any atom is -0.346 e. The zero-order chi connectivity index (χ0) is 21.9. The van der Waals surface area contributed by atoms with Gasteiger partial charge in [-0.1, -0.05) is 24.3 Å². The van der Waals surface area contributed by atoms with Gasteiger partial charge in [0.05, 0.1) is 4.90 Å². The monoisotopic (exact) mass is 429 g/mol. The number of carbonyl (C=O) groups excluding carboxylic acids is 2. The average Bonchev–Trinajstić information content (AvgIpc) is 3.17. The summed E-state index contributed by atoms with van der Waals surface area (Å²) in [6.07, 6.45) is 1.34. The first-order valence-corrected chi connectivity index (χ1v) is 11.4. The molecule has 160 valence electrons.